The van der Waals surface area contributed by atoms with E-state index in [1.807, 2.05) is 27.7 Å². The minimum Gasteiger partial charge on any atom is -0.444 e. The minimum atomic E-state index is -0.498. The van der Waals surface area contributed by atoms with Crippen molar-refractivity contribution in [2.75, 3.05) is 26.2 Å². The van der Waals surface area contributed by atoms with Crippen molar-refractivity contribution in [3.8, 4) is 0 Å². The van der Waals surface area contributed by atoms with E-state index in [1.54, 1.807) is 4.90 Å². The Labute approximate surface area is 136 Å². The van der Waals surface area contributed by atoms with Crippen LogP contribution in [0.15, 0.2) is 0 Å². The maximum Gasteiger partial charge on any atom is 0.410 e. The van der Waals surface area contributed by atoms with Crippen LogP contribution in [0.3, 0.4) is 0 Å². The number of amides is 4. The maximum atomic E-state index is 12.2. The molecule has 2 rings (SSSR count). The van der Waals surface area contributed by atoms with E-state index in [4.69, 9.17) is 4.74 Å². The molecule has 2 saturated heterocycles. The second-order valence-electron chi connectivity index (χ2n) is 7.13. The molecule has 0 aromatic heterocycles. The van der Waals surface area contributed by atoms with Gasteiger partial charge in [0, 0.05) is 32.2 Å². The lowest BCUT2D eigenvalue weighted by Crippen LogP contribution is -2.55. The van der Waals surface area contributed by atoms with Crippen LogP contribution in [-0.4, -0.2) is 71.7 Å². The Kier molecular flexibility index (Phi) is 5.13. The quantitative estimate of drug-likeness (QED) is 0.738. The van der Waals surface area contributed by atoms with E-state index < -0.39 is 17.7 Å². The molecule has 0 radical (unpaired) electrons. The lowest BCUT2D eigenvalue weighted by molar-refractivity contribution is -0.120. The fraction of sp³-hybridized carbons (Fsp3) is 0.800. The molecule has 2 aliphatic heterocycles. The van der Waals surface area contributed by atoms with Gasteiger partial charge in [0.1, 0.15) is 11.6 Å². The van der Waals surface area contributed by atoms with Crippen molar-refractivity contribution >= 4 is 18.0 Å². The molecule has 8 nitrogen and oxygen atoms in total. The SMILES string of the molecule is C[C@@H]1CN(CCC2NC(=O)NC2=O)CCN1C(=O)OC(C)(C)C. The number of nitrogens with one attached hydrogen (secondary N) is 2. The van der Waals surface area contributed by atoms with Crippen molar-refractivity contribution < 1.29 is 19.1 Å². The number of hydrogen-bond donors (Lipinski definition) is 2. The molecule has 4 amide bonds. The molecule has 0 aromatic rings. The molecule has 130 valence electrons. The average Bonchev–Trinajstić information content (AvgIpc) is 2.72. The number of imide groups is 1. The summed E-state index contributed by atoms with van der Waals surface area (Å²) in [6.07, 6.45) is 0.281. The van der Waals surface area contributed by atoms with Gasteiger partial charge in [-0.2, -0.15) is 0 Å². The van der Waals surface area contributed by atoms with Crippen LogP contribution in [-0.2, 0) is 9.53 Å². The molecular formula is C15H26N4O4. The molecule has 2 aliphatic rings. The Morgan fingerprint density at radius 3 is 2.52 bits per heavy atom. The van der Waals surface area contributed by atoms with Gasteiger partial charge in [-0.05, 0) is 34.1 Å². The van der Waals surface area contributed by atoms with Crippen molar-refractivity contribution in [3.63, 3.8) is 0 Å². The predicted octanol–water partition coefficient (Wildman–Crippen LogP) is 0.526. The molecular weight excluding hydrogens is 300 g/mol. The van der Waals surface area contributed by atoms with E-state index in [0.717, 1.165) is 13.1 Å². The average molecular weight is 326 g/mol. The second-order valence-corrected chi connectivity index (χ2v) is 7.13. The van der Waals surface area contributed by atoms with Gasteiger partial charge in [0.15, 0.2) is 0 Å². The van der Waals surface area contributed by atoms with Crippen molar-refractivity contribution in [1.82, 2.24) is 20.4 Å². The molecule has 2 fully saturated rings. The number of rotatable bonds is 3. The van der Waals surface area contributed by atoms with E-state index in [0.29, 0.717) is 19.5 Å². The third-order valence-electron chi connectivity index (χ3n) is 3.93. The van der Waals surface area contributed by atoms with Crippen molar-refractivity contribution in [2.45, 2.75) is 51.8 Å². The van der Waals surface area contributed by atoms with Crippen molar-refractivity contribution in [1.29, 1.82) is 0 Å². The van der Waals surface area contributed by atoms with Gasteiger partial charge in [-0.15, -0.1) is 0 Å². The van der Waals surface area contributed by atoms with Crippen molar-refractivity contribution in [3.05, 3.63) is 0 Å². The van der Waals surface area contributed by atoms with E-state index in [-0.39, 0.29) is 18.0 Å². The summed E-state index contributed by atoms with van der Waals surface area (Å²) in [5.74, 6) is -0.268. The summed E-state index contributed by atoms with van der Waals surface area (Å²) < 4.78 is 5.42. The second kappa shape index (κ2) is 6.74. The Morgan fingerprint density at radius 2 is 2.00 bits per heavy atom. The molecule has 0 bridgehead atoms. The van der Waals surface area contributed by atoms with Crippen LogP contribution in [0.1, 0.15) is 34.1 Å². The highest BCUT2D eigenvalue weighted by Gasteiger charge is 2.33. The summed E-state index contributed by atoms with van der Waals surface area (Å²) in [7, 11) is 0. The molecule has 0 aromatic carbocycles. The zero-order valence-electron chi connectivity index (χ0n) is 14.2. The van der Waals surface area contributed by atoms with Gasteiger partial charge in [0.2, 0.25) is 0 Å². The number of carbonyl (C=O) groups is 3. The van der Waals surface area contributed by atoms with Crippen LogP contribution in [0.2, 0.25) is 0 Å². The summed E-state index contributed by atoms with van der Waals surface area (Å²) in [6, 6.07) is -0.838. The molecule has 8 heteroatoms. The molecule has 2 N–H and O–H groups in total. The molecule has 0 aliphatic carbocycles. The summed E-state index contributed by atoms with van der Waals surface area (Å²) in [5.41, 5.74) is -0.498. The third kappa shape index (κ3) is 4.82. The van der Waals surface area contributed by atoms with Crippen LogP contribution in [0, 0.1) is 0 Å². The first-order valence-corrected chi connectivity index (χ1v) is 7.99. The van der Waals surface area contributed by atoms with E-state index in [9.17, 15) is 14.4 Å². The molecule has 2 atom stereocenters. The van der Waals surface area contributed by atoms with Crippen LogP contribution in [0.5, 0.6) is 0 Å². The van der Waals surface area contributed by atoms with E-state index in [2.05, 4.69) is 15.5 Å². The monoisotopic (exact) mass is 326 g/mol. The lowest BCUT2D eigenvalue weighted by atomic mass is 10.1. The van der Waals surface area contributed by atoms with Crippen LogP contribution in [0.25, 0.3) is 0 Å². The van der Waals surface area contributed by atoms with Gasteiger partial charge >= 0.3 is 12.1 Å². The Morgan fingerprint density at radius 1 is 1.30 bits per heavy atom. The first-order valence-electron chi connectivity index (χ1n) is 7.99. The first kappa shape index (κ1) is 17.5. The topological polar surface area (TPSA) is 91.0 Å². The summed E-state index contributed by atoms with van der Waals surface area (Å²) in [4.78, 5) is 38.7. The first-order chi connectivity index (χ1) is 10.7. The Hall–Kier alpha value is -1.83. The normalized spacial score (nSPS) is 26.0. The maximum absolute atomic E-state index is 12.2. The Balaban J connectivity index is 1.78. The van der Waals surface area contributed by atoms with Gasteiger partial charge in [-0.3, -0.25) is 15.0 Å². The number of carbonyl (C=O) groups excluding carboxylic acids is 3. The minimum absolute atomic E-state index is 0.0468. The highest BCUT2D eigenvalue weighted by molar-refractivity contribution is 6.04. The fourth-order valence-electron chi connectivity index (χ4n) is 2.80. The molecule has 0 spiro atoms. The molecule has 23 heavy (non-hydrogen) atoms. The highest BCUT2D eigenvalue weighted by Crippen LogP contribution is 2.16. The van der Waals surface area contributed by atoms with Gasteiger partial charge in [0.25, 0.3) is 5.91 Å². The zero-order valence-corrected chi connectivity index (χ0v) is 14.2. The fourth-order valence-corrected chi connectivity index (χ4v) is 2.80. The van der Waals surface area contributed by atoms with Crippen LogP contribution < -0.4 is 10.6 Å². The Bertz CT molecular complexity index is 488. The largest absolute Gasteiger partial charge is 0.444 e. The molecule has 1 unspecified atom stereocenters. The van der Waals surface area contributed by atoms with Crippen LogP contribution >= 0.6 is 0 Å². The summed E-state index contributed by atoms with van der Waals surface area (Å²) in [5, 5.41) is 4.83. The smallest absolute Gasteiger partial charge is 0.410 e. The number of hydrogen-bond acceptors (Lipinski definition) is 5. The zero-order chi connectivity index (χ0) is 17.2. The number of ether oxygens (including phenoxy) is 1. The lowest BCUT2D eigenvalue weighted by Gasteiger charge is -2.40. The van der Waals surface area contributed by atoms with Gasteiger partial charge in [-0.1, -0.05) is 0 Å². The van der Waals surface area contributed by atoms with Gasteiger partial charge in [-0.25, -0.2) is 9.59 Å². The van der Waals surface area contributed by atoms with E-state index >= 15 is 0 Å². The number of urea groups is 1. The summed E-state index contributed by atoms with van der Waals surface area (Å²) >= 11 is 0. The van der Waals surface area contributed by atoms with E-state index in [1.165, 1.54) is 0 Å². The van der Waals surface area contributed by atoms with Crippen molar-refractivity contribution in [2.24, 2.45) is 0 Å². The molecule has 0 saturated carbocycles. The van der Waals surface area contributed by atoms with Crippen LogP contribution in [0.4, 0.5) is 9.59 Å². The molecule has 2 heterocycles. The number of nitrogens with zero attached hydrogens (tertiary/aromatic N) is 2. The third-order valence-corrected chi connectivity index (χ3v) is 3.93. The summed E-state index contributed by atoms with van der Waals surface area (Å²) in [6.45, 7) is 10.3. The highest BCUT2D eigenvalue weighted by atomic mass is 16.6. The van der Waals surface area contributed by atoms with Gasteiger partial charge < -0.3 is 15.0 Å². The van der Waals surface area contributed by atoms with Gasteiger partial charge in [0.05, 0.1) is 0 Å². The standard InChI is InChI=1S/C15H26N4O4/c1-10-9-18(6-5-11-12(20)17-13(21)16-11)7-8-19(10)14(22)23-15(2,3)4/h10-11H,5-9H2,1-4H3,(H2,16,17,20,21)/t10-,11?/m1/s1. The predicted molar refractivity (Wildman–Crippen MR) is 83.9 cm³/mol. The number of piperazine rings is 1.